The van der Waals surface area contributed by atoms with Gasteiger partial charge in [0.2, 0.25) is 0 Å². The molecule has 2 nitrogen and oxygen atoms in total. The van der Waals surface area contributed by atoms with E-state index in [1.54, 1.807) is 0 Å². The summed E-state index contributed by atoms with van der Waals surface area (Å²) >= 11 is 6.14. The predicted octanol–water partition coefficient (Wildman–Crippen LogP) is 3.44. The topological polar surface area (TPSA) is 36.7 Å². The van der Waals surface area contributed by atoms with E-state index in [1.165, 1.54) is 0 Å². The van der Waals surface area contributed by atoms with Crippen LogP contribution in [0.2, 0.25) is 5.15 Å². The number of pyridine rings is 1. The van der Waals surface area contributed by atoms with E-state index in [1.807, 2.05) is 30.3 Å². The maximum absolute atomic E-state index is 9.17. The summed E-state index contributed by atoms with van der Waals surface area (Å²) in [5.41, 5.74) is 1.40. The number of hydrogen-bond acceptors (Lipinski definition) is 2. The Kier molecular flexibility index (Phi) is 1.92. The molecule has 2 aromatic rings. The molecule has 0 aliphatic heterocycles. The number of fused-ring (bicyclic) bond motifs is 1. The summed E-state index contributed by atoms with van der Waals surface area (Å²) in [6.07, 6.45) is 1.78. The monoisotopic (exact) mass is 228 g/mol. The fraction of sp³-hybridized carbons (Fsp3) is 0.231. The van der Waals surface area contributed by atoms with Gasteiger partial charge in [-0.3, -0.25) is 0 Å². The first-order chi connectivity index (χ1) is 7.75. The highest BCUT2D eigenvalue weighted by Crippen LogP contribution is 2.49. The zero-order chi connectivity index (χ0) is 11.2. The molecule has 0 amide bonds. The summed E-state index contributed by atoms with van der Waals surface area (Å²) in [5, 5.41) is 10.7. The van der Waals surface area contributed by atoms with Gasteiger partial charge >= 0.3 is 0 Å². The Balaban J connectivity index is 2.27. The molecule has 1 heterocycles. The first-order valence-electron chi connectivity index (χ1n) is 5.22. The molecule has 0 unspecified atom stereocenters. The second kappa shape index (κ2) is 3.20. The lowest BCUT2D eigenvalue weighted by Crippen LogP contribution is -2.04. The number of rotatable bonds is 1. The number of nitrogens with zero attached hydrogens (tertiary/aromatic N) is 2. The average Bonchev–Trinajstić information content (AvgIpc) is 3.09. The molecule has 1 saturated carbocycles. The van der Waals surface area contributed by atoms with E-state index in [-0.39, 0.29) is 5.41 Å². The molecule has 0 N–H and O–H groups in total. The van der Waals surface area contributed by atoms with E-state index in [0.29, 0.717) is 5.15 Å². The molecule has 1 fully saturated rings. The summed E-state index contributed by atoms with van der Waals surface area (Å²) < 4.78 is 0. The maximum atomic E-state index is 9.17. The van der Waals surface area contributed by atoms with Crippen LogP contribution >= 0.6 is 11.6 Å². The van der Waals surface area contributed by atoms with Gasteiger partial charge in [0.05, 0.1) is 17.0 Å². The molecule has 16 heavy (non-hydrogen) atoms. The molecular formula is C13H9ClN2. The Morgan fingerprint density at radius 2 is 2.06 bits per heavy atom. The van der Waals surface area contributed by atoms with Crippen LogP contribution in [0.1, 0.15) is 18.4 Å². The second-order valence-electron chi connectivity index (χ2n) is 4.21. The van der Waals surface area contributed by atoms with Gasteiger partial charge in [-0.1, -0.05) is 29.8 Å². The van der Waals surface area contributed by atoms with E-state index in [2.05, 4.69) is 11.1 Å². The van der Waals surface area contributed by atoms with E-state index in [4.69, 9.17) is 11.6 Å². The number of aromatic nitrogens is 1. The van der Waals surface area contributed by atoms with E-state index in [9.17, 15) is 5.26 Å². The third-order valence-corrected chi connectivity index (χ3v) is 3.45. The molecule has 78 valence electrons. The quantitative estimate of drug-likeness (QED) is 0.701. The molecule has 0 saturated heterocycles. The second-order valence-corrected chi connectivity index (χ2v) is 4.57. The molecule has 0 atom stereocenters. The standard InChI is InChI=1S/C13H9ClN2/c14-12-10(13(8-15)5-6-13)7-9-3-1-2-4-11(9)16-12/h1-4,7H,5-6H2. The van der Waals surface area contributed by atoms with Gasteiger partial charge in [0.25, 0.3) is 0 Å². The molecular weight excluding hydrogens is 220 g/mol. The van der Waals surface area contributed by atoms with Crippen LogP contribution in [-0.4, -0.2) is 4.98 Å². The van der Waals surface area contributed by atoms with Crippen molar-refractivity contribution in [2.24, 2.45) is 0 Å². The molecule has 0 bridgehead atoms. The van der Waals surface area contributed by atoms with Crippen LogP contribution < -0.4 is 0 Å². The Bertz CT molecular complexity index is 609. The Hall–Kier alpha value is -1.59. The molecule has 1 aromatic carbocycles. The van der Waals surface area contributed by atoms with E-state index in [0.717, 1.165) is 29.3 Å². The Labute approximate surface area is 98.5 Å². The first-order valence-corrected chi connectivity index (χ1v) is 5.60. The minimum Gasteiger partial charge on any atom is -0.236 e. The van der Waals surface area contributed by atoms with Crippen molar-refractivity contribution in [1.82, 2.24) is 4.98 Å². The minimum atomic E-state index is -0.367. The highest BCUT2D eigenvalue weighted by Gasteiger charge is 2.46. The highest BCUT2D eigenvalue weighted by atomic mass is 35.5. The zero-order valence-corrected chi connectivity index (χ0v) is 9.33. The van der Waals surface area contributed by atoms with Crippen LogP contribution in [0.3, 0.4) is 0 Å². The summed E-state index contributed by atoms with van der Waals surface area (Å²) in [7, 11) is 0. The lowest BCUT2D eigenvalue weighted by Gasteiger charge is -2.09. The fourth-order valence-corrected chi connectivity index (χ4v) is 2.32. The first kappa shape index (κ1) is 9.62. The Morgan fingerprint density at radius 1 is 1.31 bits per heavy atom. The Morgan fingerprint density at radius 3 is 2.75 bits per heavy atom. The van der Waals surface area contributed by atoms with Gasteiger partial charge in [-0.2, -0.15) is 5.26 Å². The molecule has 1 aliphatic rings. The van der Waals surface area contributed by atoms with Crippen molar-refractivity contribution in [3.8, 4) is 6.07 Å². The summed E-state index contributed by atoms with van der Waals surface area (Å²) in [5.74, 6) is 0. The zero-order valence-electron chi connectivity index (χ0n) is 8.57. The third-order valence-electron chi connectivity index (χ3n) is 3.16. The number of hydrogen-bond donors (Lipinski definition) is 0. The maximum Gasteiger partial charge on any atom is 0.134 e. The summed E-state index contributed by atoms with van der Waals surface area (Å²) in [6.45, 7) is 0. The van der Waals surface area contributed by atoms with Crippen LogP contribution in [0.4, 0.5) is 0 Å². The summed E-state index contributed by atoms with van der Waals surface area (Å²) in [4.78, 5) is 4.34. The van der Waals surface area contributed by atoms with Crippen LogP contribution in [0, 0.1) is 11.3 Å². The normalized spacial score (nSPS) is 17.0. The molecule has 0 spiro atoms. The van der Waals surface area contributed by atoms with Crippen molar-refractivity contribution >= 4 is 22.5 Å². The van der Waals surface area contributed by atoms with Crippen molar-refractivity contribution in [3.05, 3.63) is 41.0 Å². The van der Waals surface area contributed by atoms with E-state index >= 15 is 0 Å². The number of halogens is 1. The molecule has 1 aliphatic carbocycles. The van der Waals surface area contributed by atoms with Crippen molar-refractivity contribution < 1.29 is 0 Å². The SMILES string of the molecule is N#CC1(c2cc3ccccc3nc2Cl)CC1. The van der Waals surface area contributed by atoms with Crippen molar-refractivity contribution in [3.63, 3.8) is 0 Å². The lowest BCUT2D eigenvalue weighted by molar-refractivity contribution is 0.902. The smallest absolute Gasteiger partial charge is 0.134 e. The van der Waals surface area contributed by atoms with Crippen LogP contribution in [0.25, 0.3) is 10.9 Å². The number of benzene rings is 1. The van der Waals surface area contributed by atoms with Gasteiger partial charge in [-0.05, 0) is 25.0 Å². The van der Waals surface area contributed by atoms with Gasteiger partial charge < -0.3 is 0 Å². The molecule has 3 rings (SSSR count). The molecule has 3 heteroatoms. The molecule has 0 radical (unpaired) electrons. The van der Waals surface area contributed by atoms with Crippen LogP contribution in [-0.2, 0) is 5.41 Å². The van der Waals surface area contributed by atoms with Crippen molar-refractivity contribution in [2.45, 2.75) is 18.3 Å². The van der Waals surface area contributed by atoms with Gasteiger partial charge in [-0.15, -0.1) is 0 Å². The predicted molar refractivity (Wildman–Crippen MR) is 63.3 cm³/mol. The van der Waals surface area contributed by atoms with Gasteiger partial charge in [0.15, 0.2) is 0 Å². The number of para-hydroxylation sites is 1. The van der Waals surface area contributed by atoms with Gasteiger partial charge in [-0.25, -0.2) is 4.98 Å². The van der Waals surface area contributed by atoms with Gasteiger partial charge in [0, 0.05) is 10.9 Å². The van der Waals surface area contributed by atoms with Crippen molar-refractivity contribution in [1.29, 1.82) is 5.26 Å². The van der Waals surface area contributed by atoms with Crippen LogP contribution in [0.5, 0.6) is 0 Å². The largest absolute Gasteiger partial charge is 0.236 e. The van der Waals surface area contributed by atoms with E-state index < -0.39 is 0 Å². The van der Waals surface area contributed by atoms with Gasteiger partial charge in [0.1, 0.15) is 5.15 Å². The fourth-order valence-electron chi connectivity index (χ4n) is 1.99. The lowest BCUT2D eigenvalue weighted by atomic mass is 9.98. The number of nitriles is 1. The average molecular weight is 229 g/mol. The molecule has 1 aromatic heterocycles. The third kappa shape index (κ3) is 1.29. The van der Waals surface area contributed by atoms with Crippen molar-refractivity contribution in [2.75, 3.05) is 0 Å². The summed E-state index contributed by atoms with van der Waals surface area (Å²) in [6, 6.07) is 12.2. The van der Waals surface area contributed by atoms with Crippen LogP contribution in [0.15, 0.2) is 30.3 Å². The minimum absolute atomic E-state index is 0.367. The highest BCUT2D eigenvalue weighted by molar-refractivity contribution is 6.30.